The van der Waals surface area contributed by atoms with Gasteiger partial charge in [0.2, 0.25) is 0 Å². The van der Waals surface area contributed by atoms with Crippen molar-refractivity contribution in [1.29, 1.82) is 5.26 Å². The predicted molar refractivity (Wildman–Crippen MR) is 57.7 cm³/mol. The Morgan fingerprint density at radius 3 is 2.57 bits per heavy atom. The first-order valence-corrected chi connectivity index (χ1v) is 5.59. The van der Waals surface area contributed by atoms with Gasteiger partial charge in [0, 0.05) is 11.3 Å². The molecule has 0 saturated carbocycles. The molecule has 0 radical (unpaired) electrons. The van der Waals surface area contributed by atoms with E-state index in [0.29, 0.717) is 5.01 Å². The van der Waals surface area contributed by atoms with Crippen molar-refractivity contribution < 1.29 is 0 Å². The number of nitrogens with zero attached hydrogens (tertiary/aromatic N) is 3. The topological polar surface area (TPSA) is 49.6 Å². The van der Waals surface area contributed by atoms with Gasteiger partial charge in [0.1, 0.15) is 16.7 Å². The van der Waals surface area contributed by atoms with Gasteiger partial charge in [0.05, 0.1) is 6.07 Å². The van der Waals surface area contributed by atoms with Crippen LogP contribution in [0.1, 0.15) is 37.5 Å². The fraction of sp³-hybridized carbons (Fsp3) is 0.667. The van der Waals surface area contributed by atoms with Crippen LogP contribution in [0.15, 0.2) is 0 Å². The zero-order valence-corrected chi connectivity index (χ0v) is 9.98. The summed E-state index contributed by atoms with van der Waals surface area (Å²) in [7, 11) is 0. The van der Waals surface area contributed by atoms with E-state index in [-0.39, 0.29) is 17.2 Å². The van der Waals surface area contributed by atoms with Gasteiger partial charge in [0.15, 0.2) is 0 Å². The zero-order chi connectivity index (χ0) is 10.8. The van der Waals surface area contributed by atoms with Crippen molar-refractivity contribution in [3.63, 3.8) is 0 Å². The maximum absolute atomic E-state index is 8.80. The molecule has 14 heavy (non-hydrogen) atoms. The highest BCUT2D eigenvalue weighted by molar-refractivity contribution is 7.05. The molecule has 1 aromatic heterocycles. The van der Waals surface area contributed by atoms with Crippen LogP contribution in [0.2, 0.25) is 0 Å². The van der Waals surface area contributed by atoms with E-state index >= 15 is 0 Å². The third-order valence-electron chi connectivity index (χ3n) is 1.72. The molecule has 1 atom stereocenters. The van der Waals surface area contributed by atoms with Crippen LogP contribution in [0.3, 0.4) is 0 Å². The lowest BCUT2D eigenvalue weighted by molar-refractivity contribution is 0.552. The van der Waals surface area contributed by atoms with E-state index in [9.17, 15) is 0 Å². The molecule has 0 spiro atoms. The Hall–Kier alpha value is -0.660. The van der Waals surface area contributed by atoms with Gasteiger partial charge >= 0.3 is 0 Å². The quantitative estimate of drug-likeness (QED) is 0.733. The Bertz CT molecular complexity index is 348. The minimum atomic E-state index is -0.328. The third kappa shape index (κ3) is 2.43. The summed E-state index contributed by atoms with van der Waals surface area (Å²) in [4.78, 5) is 4.32. The summed E-state index contributed by atoms with van der Waals surface area (Å²) < 4.78 is 4.23. The number of hydrogen-bond acceptors (Lipinski definition) is 4. The van der Waals surface area contributed by atoms with Crippen LogP contribution >= 0.6 is 23.1 Å². The predicted octanol–water partition coefficient (Wildman–Crippen LogP) is 2.68. The van der Waals surface area contributed by atoms with E-state index in [2.05, 4.69) is 15.4 Å². The van der Waals surface area contributed by atoms with Crippen LogP contribution < -0.4 is 0 Å². The van der Waals surface area contributed by atoms with E-state index in [4.69, 9.17) is 16.9 Å². The normalized spacial score (nSPS) is 13.6. The monoisotopic (exact) mass is 229 g/mol. The van der Waals surface area contributed by atoms with Gasteiger partial charge in [-0.15, -0.1) is 11.6 Å². The molecule has 1 heterocycles. The standard InChI is InChI=1S/C9H12ClN3S/c1-9(2,3)8-12-7(14-13-8)6(4-10)5-11/h6H,4H2,1-3H3. The Morgan fingerprint density at radius 2 is 2.21 bits per heavy atom. The molecular weight excluding hydrogens is 218 g/mol. The van der Waals surface area contributed by atoms with Crippen LogP contribution in [0.4, 0.5) is 0 Å². The average Bonchev–Trinajstić information content (AvgIpc) is 2.54. The van der Waals surface area contributed by atoms with Gasteiger partial charge in [-0.3, -0.25) is 0 Å². The Morgan fingerprint density at radius 1 is 1.57 bits per heavy atom. The van der Waals surface area contributed by atoms with Crippen LogP contribution in [0.5, 0.6) is 0 Å². The average molecular weight is 230 g/mol. The molecule has 0 amide bonds. The molecule has 0 aliphatic heterocycles. The summed E-state index contributed by atoms with van der Waals surface area (Å²) >= 11 is 6.91. The van der Waals surface area contributed by atoms with Gasteiger partial charge in [0.25, 0.3) is 0 Å². The summed E-state index contributed by atoms with van der Waals surface area (Å²) in [5, 5.41) is 9.51. The van der Waals surface area contributed by atoms with Crippen molar-refractivity contribution in [3.8, 4) is 6.07 Å². The minimum absolute atomic E-state index is 0.0684. The second-order valence-electron chi connectivity index (χ2n) is 4.04. The van der Waals surface area contributed by atoms with Crippen LogP contribution in [-0.2, 0) is 5.41 Å². The molecule has 0 aliphatic rings. The van der Waals surface area contributed by atoms with E-state index < -0.39 is 0 Å². The number of nitriles is 1. The van der Waals surface area contributed by atoms with Crippen molar-refractivity contribution >= 4 is 23.1 Å². The molecule has 0 fully saturated rings. The molecular formula is C9H12ClN3S. The molecule has 0 aromatic carbocycles. The lowest BCUT2D eigenvalue weighted by Crippen LogP contribution is -2.13. The van der Waals surface area contributed by atoms with Crippen LogP contribution in [-0.4, -0.2) is 15.2 Å². The molecule has 5 heteroatoms. The number of alkyl halides is 1. The van der Waals surface area contributed by atoms with Crippen LogP contribution in [0, 0.1) is 11.3 Å². The van der Waals surface area contributed by atoms with Crippen molar-refractivity contribution in [1.82, 2.24) is 9.36 Å². The molecule has 0 N–H and O–H groups in total. The largest absolute Gasteiger partial charge is 0.223 e. The smallest absolute Gasteiger partial charge is 0.147 e. The molecule has 0 bridgehead atoms. The van der Waals surface area contributed by atoms with Crippen LogP contribution in [0.25, 0.3) is 0 Å². The first-order valence-electron chi connectivity index (χ1n) is 4.28. The fourth-order valence-electron chi connectivity index (χ4n) is 0.837. The first kappa shape index (κ1) is 11.4. The second kappa shape index (κ2) is 4.24. The van der Waals surface area contributed by atoms with E-state index in [1.54, 1.807) is 0 Å². The number of hydrogen-bond donors (Lipinski definition) is 0. The summed E-state index contributed by atoms with van der Waals surface area (Å²) in [6.45, 7) is 6.13. The molecule has 1 unspecified atom stereocenters. The molecule has 1 aromatic rings. The van der Waals surface area contributed by atoms with Gasteiger partial charge in [-0.1, -0.05) is 20.8 Å². The maximum Gasteiger partial charge on any atom is 0.147 e. The van der Waals surface area contributed by atoms with Crippen molar-refractivity contribution in [3.05, 3.63) is 10.8 Å². The van der Waals surface area contributed by atoms with E-state index in [0.717, 1.165) is 5.82 Å². The lowest BCUT2D eigenvalue weighted by atomic mass is 9.96. The van der Waals surface area contributed by atoms with E-state index in [1.807, 2.05) is 20.8 Å². The van der Waals surface area contributed by atoms with Crippen molar-refractivity contribution in [2.24, 2.45) is 0 Å². The molecule has 0 aliphatic carbocycles. The number of aromatic nitrogens is 2. The van der Waals surface area contributed by atoms with Crippen molar-refractivity contribution in [2.75, 3.05) is 5.88 Å². The summed E-state index contributed by atoms with van der Waals surface area (Å²) in [6.07, 6.45) is 0. The van der Waals surface area contributed by atoms with Crippen molar-refractivity contribution in [2.45, 2.75) is 32.1 Å². The Kier molecular flexibility index (Phi) is 3.46. The van der Waals surface area contributed by atoms with E-state index in [1.165, 1.54) is 11.5 Å². The highest BCUT2D eigenvalue weighted by Gasteiger charge is 2.22. The zero-order valence-electron chi connectivity index (χ0n) is 8.41. The molecule has 1 rings (SSSR count). The summed E-state index contributed by atoms with van der Waals surface area (Å²) in [5.41, 5.74) is -0.0684. The van der Waals surface area contributed by atoms with Gasteiger partial charge in [-0.2, -0.15) is 9.64 Å². The SMILES string of the molecule is CC(C)(C)c1nsc(C(C#N)CCl)n1. The Labute approximate surface area is 92.9 Å². The van der Waals surface area contributed by atoms with Gasteiger partial charge in [-0.25, -0.2) is 4.98 Å². The van der Waals surface area contributed by atoms with Gasteiger partial charge in [-0.05, 0) is 11.5 Å². The third-order valence-corrected chi connectivity index (χ3v) is 2.86. The fourth-order valence-corrected chi connectivity index (χ4v) is 2.03. The lowest BCUT2D eigenvalue weighted by Gasteiger charge is -2.12. The highest BCUT2D eigenvalue weighted by Crippen LogP contribution is 2.24. The Balaban J connectivity index is 2.94. The number of halogens is 1. The summed E-state index contributed by atoms with van der Waals surface area (Å²) in [6, 6.07) is 2.11. The molecule has 76 valence electrons. The number of rotatable bonds is 2. The minimum Gasteiger partial charge on any atom is -0.223 e. The summed E-state index contributed by atoms with van der Waals surface area (Å²) in [5.74, 6) is 0.725. The second-order valence-corrected chi connectivity index (χ2v) is 5.13. The maximum atomic E-state index is 8.80. The molecule has 3 nitrogen and oxygen atoms in total. The van der Waals surface area contributed by atoms with Gasteiger partial charge < -0.3 is 0 Å². The highest BCUT2D eigenvalue weighted by atomic mass is 35.5. The first-order chi connectivity index (χ1) is 6.49. The molecule has 0 saturated heterocycles.